The maximum Gasteiger partial charge on any atom is 0.238 e. The molecule has 2 aliphatic rings. The van der Waals surface area contributed by atoms with Gasteiger partial charge < -0.3 is 25.6 Å². The highest BCUT2D eigenvalue weighted by atomic mass is 16.5. The van der Waals surface area contributed by atoms with Gasteiger partial charge in [-0.25, -0.2) is 0 Å². The first kappa shape index (κ1) is 40.7. The van der Waals surface area contributed by atoms with E-state index in [0.717, 1.165) is 11.1 Å². The van der Waals surface area contributed by atoms with Gasteiger partial charge in [-0.3, -0.25) is 29.0 Å². The van der Waals surface area contributed by atoms with Gasteiger partial charge >= 0.3 is 0 Å². The highest BCUT2D eigenvalue weighted by Crippen LogP contribution is 2.15. The van der Waals surface area contributed by atoms with Gasteiger partial charge in [0.05, 0.1) is 38.5 Å². The van der Waals surface area contributed by atoms with Gasteiger partial charge in [-0.2, -0.15) is 0 Å². The topological polar surface area (TPSA) is 149 Å². The third-order valence-electron chi connectivity index (χ3n) is 9.15. The van der Waals surface area contributed by atoms with E-state index < -0.39 is 12.1 Å². The maximum absolute atomic E-state index is 12.8. The number of rotatable bonds is 14. The highest BCUT2D eigenvalue weighted by Gasteiger charge is 2.31. The van der Waals surface area contributed by atoms with E-state index in [9.17, 15) is 19.2 Å². The summed E-state index contributed by atoms with van der Waals surface area (Å²) in [5, 5.41) is 5.96. The number of carbonyl (C=O) groups is 4. The number of morpholine rings is 2. The van der Waals surface area contributed by atoms with Crippen molar-refractivity contribution in [3.05, 3.63) is 144 Å². The molecule has 0 aromatic heterocycles. The van der Waals surface area contributed by atoms with E-state index >= 15 is 0 Å². The predicted molar refractivity (Wildman–Crippen MR) is 203 cm³/mol. The van der Waals surface area contributed by atoms with Crippen LogP contribution in [0.4, 0.5) is 0 Å². The van der Waals surface area contributed by atoms with Crippen molar-refractivity contribution in [2.24, 2.45) is 0 Å². The molecule has 2 amide bonds. The molecule has 2 heterocycles. The van der Waals surface area contributed by atoms with Crippen molar-refractivity contribution in [3.63, 3.8) is 0 Å². The first-order valence-corrected chi connectivity index (χ1v) is 17.9. The van der Waals surface area contributed by atoms with Gasteiger partial charge in [0.25, 0.3) is 0 Å². The molecule has 2 saturated heterocycles. The summed E-state index contributed by atoms with van der Waals surface area (Å²) < 4.78 is 10.8. The lowest BCUT2D eigenvalue weighted by Crippen LogP contribution is -2.51. The van der Waals surface area contributed by atoms with Crippen LogP contribution in [0.3, 0.4) is 0 Å². The summed E-state index contributed by atoms with van der Waals surface area (Å²) in [7, 11) is 0. The van der Waals surface area contributed by atoms with Gasteiger partial charge in [0, 0.05) is 63.2 Å². The molecule has 11 nitrogen and oxygen atoms in total. The minimum Gasteiger partial charge on any atom is -0.412 e. The Kier molecular flexibility index (Phi) is 17.0. The molecule has 4 aromatic carbocycles. The molecule has 53 heavy (non-hydrogen) atoms. The van der Waals surface area contributed by atoms with E-state index in [2.05, 4.69) is 10.6 Å². The van der Waals surface area contributed by atoms with Crippen LogP contribution < -0.4 is 10.6 Å². The van der Waals surface area contributed by atoms with Crippen molar-refractivity contribution in [2.75, 3.05) is 52.6 Å². The SMILES string of the molecule is O.O=C(CC(C(=O)NCc1ccccc1)N1CCOCC1)c1ccccc1.O=C(CC(C(=O)NCc1ccccc1)N1CCOCC1)c1ccccc1. The standard InChI is InChI=1S/2C21H24N2O3.H2O/c2*24-20(18-9-5-2-6-10-18)15-19(23-11-13-26-14-12-23)21(25)22-16-17-7-3-1-4-8-17;/h2*1-10,19H,11-16H2,(H,22,25);1H2. The average molecular weight is 723 g/mol. The molecule has 2 fully saturated rings. The zero-order valence-electron chi connectivity index (χ0n) is 30.0. The second-order valence-electron chi connectivity index (χ2n) is 12.7. The van der Waals surface area contributed by atoms with Gasteiger partial charge in [-0.15, -0.1) is 0 Å². The summed E-state index contributed by atoms with van der Waals surface area (Å²) in [6.07, 6.45) is 0.343. The van der Waals surface area contributed by atoms with Crippen LogP contribution in [0.15, 0.2) is 121 Å². The van der Waals surface area contributed by atoms with Gasteiger partial charge in [0.2, 0.25) is 11.8 Å². The smallest absolute Gasteiger partial charge is 0.238 e. The quantitative estimate of drug-likeness (QED) is 0.187. The van der Waals surface area contributed by atoms with E-state index in [0.29, 0.717) is 76.8 Å². The average Bonchev–Trinajstić information content (AvgIpc) is 3.22. The molecule has 2 atom stereocenters. The number of Topliss-reactive ketones (excluding diaryl/α,β-unsaturated/α-hetero) is 2. The molecule has 6 rings (SSSR count). The molecule has 280 valence electrons. The normalized spacial score (nSPS) is 15.7. The van der Waals surface area contributed by atoms with Crippen molar-refractivity contribution >= 4 is 23.4 Å². The molecule has 2 unspecified atom stereocenters. The molecule has 0 spiro atoms. The minimum atomic E-state index is -0.477. The number of ether oxygens (including phenoxy) is 2. The van der Waals surface area contributed by atoms with Crippen LogP contribution in [0.5, 0.6) is 0 Å². The van der Waals surface area contributed by atoms with Gasteiger partial charge in [-0.1, -0.05) is 121 Å². The largest absolute Gasteiger partial charge is 0.412 e. The van der Waals surface area contributed by atoms with E-state index in [1.54, 1.807) is 24.3 Å². The van der Waals surface area contributed by atoms with Crippen molar-refractivity contribution in [2.45, 2.75) is 38.0 Å². The Morgan fingerprint density at radius 1 is 0.491 bits per heavy atom. The van der Waals surface area contributed by atoms with Crippen molar-refractivity contribution < 1.29 is 34.1 Å². The van der Waals surface area contributed by atoms with Crippen molar-refractivity contribution in [3.8, 4) is 0 Å². The third kappa shape index (κ3) is 13.2. The lowest BCUT2D eigenvalue weighted by molar-refractivity contribution is -0.129. The number of hydrogen-bond donors (Lipinski definition) is 2. The molecule has 11 heteroatoms. The number of amides is 2. The molecule has 0 bridgehead atoms. The second kappa shape index (κ2) is 22.1. The monoisotopic (exact) mass is 722 g/mol. The highest BCUT2D eigenvalue weighted by molar-refractivity contribution is 6.00. The Morgan fingerprint density at radius 3 is 1.11 bits per heavy atom. The summed E-state index contributed by atoms with van der Waals surface area (Å²) >= 11 is 0. The molecular formula is C42H50N4O7. The van der Waals surface area contributed by atoms with Crippen LogP contribution in [-0.4, -0.2) is 103 Å². The first-order valence-electron chi connectivity index (χ1n) is 17.9. The summed E-state index contributed by atoms with van der Waals surface area (Å²) in [6, 6.07) is 36.9. The Bertz CT molecular complexity index is 1560. The van der Waals surface area contributed by atoms with Gasteiger partial charge in [0.1, 0.15) is 0 Å². The molecule has 0 aliphatic carbocycles. The van der Waals surface area contributed by atoms with Crippen LogP contribution in [0.25, 0.3) is 0 Å². The molecule has 0 saturated carbocycles. The molecule has 0 radical (unpaired) electrons. The fraction of sp³-hybridized carbons (Fsp3) is 0.333. The lowest BCUT2D eigenvalue weighted by atomic mass is 10.0. The van der Waals surface area contributed by atoms with Gasteiger partial charge in [-0.05, 0) is 11.1 Å². The summed E-state index contributed by atoms with van der Waals surface area (Å²) in [4.78, 5) is 55.0. The number of benzene rings is 4. The molecule has 2 aliphatic heterocycles. The Balaban J connectivity index is 0.000000232. The third-order valence-corrected chi connectivity index (χ3v) is 9.15. The van der Waals surface area contributed by atoms with E-state index in [1.807, 2.05) is 107 Å². The van der Waals surface area contributed by atoms with Crippen LogP contribution in [0.1, 0.15) is 44.7 Å². The number of ketones is 2. The summed E-state index contributed by atoms with van der Waals surface area (Å²) in [6.45, 7) is 5.89. The second-order valence-corrected chi connectivity index (χ2v) is 12.7. The van der Waals surface area contributed by atoms with Crippen molar-refractivity contribution in [1.82, 2.24) is 20.4 Å². The number of hydrogen-bond acceptors (Lipinski definition) is 8. The predicted octanol–water partition coefficient (Wildman–Crippen LogP) is 3.73. The Morgan fingerprint density at radius 2 is 0.792 bits per heavy atom. The van der Waals surface area contributed by atoms with Crippen LogP contribution in [0, 0.1) is 0 Å². The van der Waals surface area contributed by atoms with Crippen LogP contribution in [-0.2, 0) is 32.2 Å². The van der Waals surface area contributed by atoms with E-state index in [4.69, 9.17) is 9.47 Å². The van der Waals surface area contributed by atoms with Crippen molar-refractivity contribution in [1.29, 1.82) is 0 Å². The first-order chi connectivity index (χ1) is 25.5. The summed E-state index contributed by atoms with van der Waals surface area (Å²) in [5.74, 6) is -0.256. The molecule has 4 N–H and O–H groups in total. The lowest BCUT2D eigenvalue weighted by Gasteiger charge is -2.33. The molecular weight excluding hydrogens is 672 g/mol. The zero-order valence-corrected chi connectivity index (χ0v) is 30.0. The van der Waals surface area contributed by atoms with Crippen LogP contribution in [0.2, 0.25) is 0 Å². The van der Waals surface area contributed by atoms with E-state index in [-0.39, 0.29) is 41.7 Å². The van der Waals surface area contributed by atoms with Crippen LogP contribution >= 0.6 is 0 Å². The fourth-order valence-electron chi connectivity index (χ4n) is 6.19. The zero-order chi connectivity index (χ0) is 36.4. The maximum atomic E-state index is 12.8. The fourth-order valence-corrected chi connectivity index (χ4v) is 6.19. The Labute approximate surface area is 311 Å². The number of nitrogens with one attached hydrogen (secondary N) is 2. The number of carbonyl (C=O) groups excluding carboxylic acids is 4. The summed E-state index contributed by atoms with van der Waals surface area (Å²) in [5.41, 5.74) is 3.36. The minimum absolute atomic E-state index is 0. The Hall–Kier alpha value is -5.04. The number of nitrogens with zero attached hydrogens (tertiary/aromatic N) is 2. The van der Waals surface area contributed by atoms with E-state index in [1.165, 1.54) is 0 Å². The molecule has 4 aromatic rings. The van der Waals surface area contributed by atoms with Gasteiger partial charge in [0.15, 0.2) is 11.6 Å².